The molecule has 7 heterocycles. The molecule has 3 fully saturated rings. The van der Waals surface area contributed by atoms with Gasteiger partial charge in [-0.15, -0.1) is 0 Å². The largest absolute Gasteiger partial charge is 0.399 e. The first-order chi connectivity index (χ1) is 21.8. The summed E-state index contributed by atoms with van der Waals surface area (Å²) in [5.41, 5.74) is 9.55. The van der Waals surface area contributed by atoms with Crippen LogP contribution in [0, 0.1) is 11.7 Å². The number of piperidine rings is 1. The number of halogens is 3. The molecule has 10 heteroatoms. The van der Waals surface area contributed by atoms with Gasteiger partial charge in [-0.3, -0.25) is 9.88 Å². The Labute approximate surface area is 269 Å². The molecule has 0 radical (unpaired) electrons. The summed E-state index contributed by atoms with van der Waals surface area (Å²) in [4.78, 5) is 19.3. The fraction of sp³-hybridized carbons (Fsp3) is 0.571. The number of nitrogens with two attached hydrogens (primary N) is 1. The van der Waals surface area contributed by atoms with E-state index in [-0.39, 0.29) is 16.7 Å². The van der Waals surface area contributed by atoms with E-state index in [9.17, 15) is 4.39 Å². The van der Waals surface area contributed by atoms with Crippen LogP contribution in [0.2, 0.25) is 5.02 Å². The molecule has 1 aromatic carbocycles. The van der Waals surface area contributed by atoms with Gasteiger partial charge in [0.15, 0.2) is 5.82 Å². The molecular weight excluding hydrogens is 592 g/mol. The second-order valence-corrected chi connectivity index (χ2v) is 14.1. The van der Waals surface area contributed by atoms with Crippen LogP contribution in [-0.4, -0.2) is 64.3 Å². The Morgan fingerprint density at radius 1 is 1.09 bits per heavy atom. The van der Waals surface area contributed by atoms with Crippen molar-refractivity contribution in [3.63, 3.8) is 0 Å². The average molecular weight is 636 g/mol. The smallest absolute Gasteiger partial charge is 0.175 e. The van der Waals surface area contributed by atoms with Crippen molar-refractivity contribution < 1.29 is 8.78 Å². The number of nitrogen functional groups attached to an aromatic ring is 1. The zero-order valence-electron chi connectivity index (χ0n) is 26.1. The van der Waals surface area contributed by atoms with Crippen molar-refractivity contribution in [1.82, 2.24) is 25.2 Å². The number of anilines is 2. The summed E-state index contributed by atoms with van der Waals surface area (Å²) < 4.78 is 31.4. The van der Waals surface area contributed by atoms with Gasteiger partial charge in [0.25, 0.3) is 0 Å². The normalized spacial score (nSPS) is 26.1. The molecule has 3 atom stereocenters. The average Bonchev–Trinajstić information content (AvgIpc) is 3.54. The minimum Gasteiger partial charge on any atom is -0.399 e. The van der Waals surface area contributed by atoms with Crippen molar-refractivity contribution in [2.45, 2.75) is 88.8 Å². The number of fused-ring (bicyclic) bond motifs is 9. The molecule has 240 valence electrons. The highest BCUT2D eigenvalue weighted by Gasteiger charge is 2.48. The number of hydrogen-bond donors (Lipinski definition) is 2. The van der Waals surface area contributed by atoms with Gasteiger partial charge in [-0.2, -0.15) is 0 Å². The van der Waals surface area contributed by atoms with Crippen LogP contribution in [0.4, 0.5) is 20.3 Å². The molecule has 0 spiro atoms. The molecule has 0 amide bonds. The SMILES string of the molecule is C=C1CCCCc2c(Cl)cc(N)cc2-c2ncc3c(nc(CCC45CCCN4CC(F)C5)nc3c2F)N2CCCC(CCN1)C2. The maximum Gasteiger partial charge on any atom is 0.175 e. The molecule has 0 saturated carbocycles. The lowest BCUT2D eigenvalue weighted by molar-refractivity contribution is 0.181. The van der Waals surface area contributed by atoms with Gasteiger partial charge >= 0.3 is 0 Å². The molecule has 3 saturated heterocycles. The van der Waals surface area contributed by atoms with E-state index >= 15 is 4.39 Å². The van der Waals surface area contributed by atoms with E-state index in [0.717, 1.165) is 101 Å². The van der Waals surface area contributed by atoms with Gasteiger partial charge in [-0.1, -0.05) is 18.2 Å². The Balaban J connectivity index is 1.33. The third kappa shape index (κ3) is 6.10. The van der Waals surface area contributed by atoms with Crippen molar-refractivity contribution in [2.75, 3.05) is 43.4 Å². The Hall–Kier alpha value is -3.04. The number of aryl methyl sites for hydroxylation is 1. The topological polar surface area (TPSA) is 83.2 Å². The number of alkyl halides is 1. The van der Waals surface area contributed by atoms with Crippen LogP contribution < -0.4 is 16.0 Å². The Bertz CT molecular complexity index is 1600. The number of hydrogen-bond acceptors (Lipinski definition) is 7. The molecule has 5 aliphatic heterocycles. The van der Waals surface area contributed by atoms with Crippen LogP contribution in [0.3, 0.4) is 0 Å². The molecule has 45 heavy (non-hydrogen) atoms. The quantitative estimate of drug-likeness (QED) is 0.300. The zero-order valence-corrected chi connectivity index (χ0v) is 26.8. The highest BCUT2D eigenvalue weighted by Crippen LogP contribution is 2.43. The van der Waals surface area contributed by atoms with Crippen LogP contribution in [0.1, 0.15) is 75.6 Å². The van der Waals surface area contributed by atoms with Gasteiger partial charge in [0.2, 0.25) is 0 Å². The van der Waals surface area contributed by atoms with Gasteiger partial charge in [0.05, 0.1) is 5.39 Å². The maximum atomic E-state index is 16.8. The van der Waals surface area contributed by atoms with Gasteiger partial charge in [-0.05, 0) is 101 Å². The third-order valence-electron chi connectivity index (χ3n) is 10.7. The molecule has 5 aliphatic rings. The van der Waals surface area contributed by atoms with Gasteiger partial charge in [-0.25, -0.2) is 18.7 Å². The van der Waals surface area contributed by atoms with Gasteiger partial charge < -0.3 is 16.0 Å². The van der Waals surface area contributed by atoms with E-state index in [1.807, 2.05) is 0 Å². The molecule has 3 aromatic rings. The summed E-state index contributed by atoms with van der Waals surface area (Å²) in [6, 6.07) is 3.50. The van der Waals surface area contributed by atoms with Crippen LogP contribution in [0.15, 0.2) is 30.6 Å². The number of allylic oxidation sites excluding steroid dienone is 1. The predicted octanol–water partition coefficient (Wildman–Crippen LogP) is 7.01. The number of nitrogens with zero attached hydrogens (tertiary/aromatic N) is 5. The van der Waals surface area contributed by atoms with E-state index < -0.39 is 12.0 Å². The van der Waals surface area contributed by atoms with Gasteiger partial charge in [0.1, 0.15) is 29.0 Å². The molecule has 2 aromatic heterocycles. The number of aromatic nitrogens is 3. The molecule has 3 N–H and O–H groups in total. The lowest BCUT2D eigenvalue weighted by Gasteiger charge is -2.35. The Kier molecular flexibility index (Phi) is 8.59. The highest BCUT2D eigenvalue weighted by atomic mass is 35.5. The fourth-order valence-corrected chi connectivity index (χ4v) is 8.70. The third-order valence-corrected chi connectivity index (χ3v) is 11.0. The number of benzene rings is 1. The summed E-state index contributed by atoms with van der Waals surface area (Å²) in [6.07, 6.45) is 11.5. The van der Waals surface area contributed by atoms with E-state index in [1.54, 1.807) is 18.3 Å². The van der Waals surface area contributed by atoms with Crippen molar-refractivity contribution >= 4 is 34.0 Å². The van der Waals surface area contributed by atoms with Crippen LogP contribution in [-0.2, 0) is 12.8 Å². The van der Waals surface area contributed by atoms with Crippen LogP contribution >= 0.6 is 11.6 Å². The molecule has 6 bridgehead atoms. The Morgan fingerprint density at radius 3 is 2.84 bits per heavy atom. The highest BCUT2D eigenvalue weighted by molar-refractivity contribution is 6.32. The molecule has 8 rings (SSSR count). The van der Waals surface area contributed by atoms with Crippen molar-refractivity contribution in [3.05, 3.63) is 52.8 Å². The first-order valence-corrected chi connectivity index (χ1v) is 17.2. The number of pyridine rings is 1. The van der Waals surface area contributed by atoms with Gasteiger partial charge in [0, 0.05) is 66.3 Å². The van der Waals surface area contributed by atoms with Crippen molar-refractivity contribution in [3.8, 4) is 11.3 Å². The standard InChI is InChI=1S/C35H44ClF2N7/c1-22-6-2-3-8-26-27(16-25(39)17-29(26)36)32-31(38)33-28(19-41-32)34(44-14-4-7-23(20-44)10-13-40-22)43-30(42-33)9-12-35-11-5-15-45(35)21-24(37)18-35/h16-17,19,23-24,40H,1-15,18,20-21,39H2. The second-order valence-electron chi connectivity index (χ2n) is 13.7. The second kappa shape index (κ2) is 12.6. The summed E-state index contributed by atoms with van der Waals surface area (Å²) in [7, 11) is 0. The minimum atomic E-state index is -0.791. The van der Waals surface area contributed by atoms with Crippen LogP contribution in [0.5, 0.6) is 0 Å². The van der Waals surface area contributed by atoms with E-state index in [4.69, 9.17) is 32.3 Å². The monoisotopic (exact) mass is 635 g/mol. The Morgan fingerprint density at radius 2 is 1.96 bits per heavy atom. The van der Waals surface area contributed by atoms with Crippen molar-refractivity contribution in [1.29, 1.82) is 0 Å². The zero-order chi connectivity index (χ0) is 31.1. The fourth-order valence-electron chi connectivity index (χ4n) is 8.38. The molecule has 0 aliphatic carbocycles. The maximum absolute atomic E-state index is 16.8. The van der Waals surface area contributed by atoms with E-state index in [0.29, 0.717) is 59.2 Å². The van der Waals surface area contributed by atoms with Crippen LogP contribution in [0.25, 0.3) is 22.2 Å². The lowest BCUT2D eigenvalue weighted by atomic mass is 9.88. The van der Waals surface area contributed by atoms with E-state index in [1.165, 1.54) is 0 Å². The summed E-state index contributed by atoms with van der Waals surface area (Å²) in [5, 5.41) is 4.69. The molecule has 3 unspecified atom stereocenters. The summed E-state index contributed by atoms with van der Waals surface area (Å²) >= 11 is 6.74. The number of nitrogens with one attached hydrogen (secondary N) is 1. The summed E-state index contributed by atoms with van der Waals surface area (Å²) in [6.45, 7) is 8.29. The first-order valence-electron chi connectivity index (χ1n) is 16.8. The minimum absolute atomic E-state index is 0.148. The number of rotatable bonds is 3. The summed E-state index contributed by atoms with van der Waals surface area (Å²) in [5.74, 6) is 1.37. The lowest BCUT2D eigenvalue weighted by Crippen LogP contribution is -2.39. The van der Waals surface area contributed by atoms with Crippen molar-refractivity contribution in [2.24, 2.45) is 5.92 Å². The first kappa shape index (κ1) is 30.6. The molecular formula is C35H44ClF2N7. The predicted molar refractivity (Wildman–Crippen MR) is 178 cm³/mol. The van der Waals surface area contributed by atoms with E-state index in [2.05, 4.69) is 21.7 Å². The molecule has 7 nitrogen and oxygen atoms in total.